The van der Waals surface area contributed by atoms with Crippen LogP contribution in [0.1, 0.15) is 24.1 Å². The molecule has 1 amide bonds. The van der Waals surface area contributed by atoms with Crippen LogP contribution < -0.4 is 4.90 Å². The number of benzene rings is 3. The quantitative estimate of drug-likeness (QED) is 0.618. The van der Waals surface area contributed by atoms with Crippen molar-refractivity contribution in [2.24, 2.45) is 0 Å². The first kappa shape index (κ1) is 16.3. The third kappa shape index (κ3) is 3.34. The van der Waals surface area contributed by atoms with Gasteiger partial charge in [0.2, 0.25) is 5.91 Å². The van der Waals surface area contributed by atoms with E-state index in [1.54, 1.807) is 17.9 Å². The Morgan fingerprint density at radius 2 is 1.25 bits per heavy atom. The van der Waals surface area contributed by atoms with E-state index in [-0.39, 0.29) is 11.9 Å². The second-order valence-electron chi connectivity index (χ2n) is 5.56. The summed E-state index contributed by atoms with van der Waals surface area (Å²) in [6.45, 7) is 1.57. The van der Waals surface area contributed by atoms with Gasteiger partial charge in [-0.2, -0.15) is 0 Å². The molecular formula is C21H18ClNO. The first-order chi connectivity index (χ1) is 11.7. The molecule has 3 heteroatoms. The molecule has 0 aromatic heterocycles. The number of carbonyl (C=O) groups is 1. The van der Waals surface area contributed by atoms with Gasteiger partial charge in [0.15, 0.2) is 0 Å². The number of rotatable bonds is 4. The van der Waals surface area contributed by atoms with Crippen LogP contribution in [0, 0.1) is 0 Å². The maximum atomic E-state index is 12.6. The van der Waals surface area contributed by atoms with Gasteiger partial charge in [0.25, 0.3) is 0 Å². The summed E-state index contributed by atoms with van der Waals surface area (Å²) in [5, 5.41) is 0.560. The van der Waals surface area contributed by atoms with Gasteiger partial charge in [0.1, 0.15) is 0 Å². The van der Waals surface area contributed by atoms with E-state index in [0.717, 1.165) is 11.1 Å². The van der Waals surface area contributed by atoms with Crippen LogP contribution in [0.3, 0.4) is 0 Å². The highest BCUT2D eigenvalue weighted by atomic mass is 35.5. The molecule has 3 aromatic carbocycles. The standard InChI is InChI=1S/C21H18ClNO/c1-16(24)23(20-15-9-8-14-19(20)22)21(17-10-4-2-5-11-17)18-12-6-3-7-13-18/h2-15,21H,1H3. The third-order valence-electron chi connectivity index (χ3n) is 3.94. The molecule has 3 rings (SSSR count). The molecule has 0 aliphatic heterocycles. The predicted molar refractivity (Wildman–Crippen MR) is 99.3 cm³/mol. The summed E-state index contributed by atoms with van der Waals surface area (Å²) in [5.41, 5.74) is 2.79. The van der Waals surface area contributed by atoms with Crippen LogP contribution in [-0.4, -0.2) is 5.91 Å². The molecule has 3 aromatic rings. The number of amides is 1. The molecule has 0 saturated carbocycles. The molecule has 0 aliphatic rings. The fourth-order valence-electron chi connectivity index (χ4n) is 2.90. The molecule has 0 spiro atoms. The van der Waals surface area contributed by atoms with Crippen molar-refractivity contribution >= 4 is 23.2 Å². The Kier molecular flexibility index (Phi) is 4.97. The van der Waals surface area contributed by atoms with E-state index >= 15 is 0 Å². The third-order valence-corrected chi connectivity index (χ3v) is 4.26. The lowest BCUT2D eigenvalue weighted by molar-refractivity contribution is -0.116. The monoisotopic (exact) mass is 335 g/mol. The number of para-hydroxylation sites is 1. The lowest BCUT2D eigenvalue weighted by atomic mass is 9.96. The van der Waals surface area contributed by atoms with E-state index in [1.165, 1.54) is 0 Å². The zero-order valence-corrected chi connectivity index (χ0v) is 14.1. The number of carbonyl (C=O) groups excluding carboxylic acids is 1. The van der Waals surface area contributed by atoms with Crippen LogP contribution in [0.15, 0.2) is 84.9 Å². The molecule has 120 valence electrons. The van der Waals surface area contributed by atoms with Gasteiger partial charge in [-0.1, -0.05) is 84.4 Å². The second kappa shape index (κ2) is 7.33. The fraction of sp³-hybridized carbons (Fsp3) is 0.0952. The van der Waals surface area contributed by atoms with Gasteiger partial charge in [-0.3, -0.25) is 9.69 Å². The van der Waals surface area contributed by atoms with E-state index in [4.69, 9.17) is 11.6 Å². The average Bonchev–Trinajstić information content (AvgIpc) is 2.62. The van der Waals surface area contributed by atoms with Crippen molar-refractivity contribution in [3.8, 4) is 0 Å². The maximum Gasteiger partial charge on any atom is 0.224 e. The van der Waals surface area contributed by atoms with E-state index in [9.17, 15) is 4.79 Å². The van der Waals surface area contributed by atoms with Crippen LogP contribution in [-0.2, 0) is 4.79 Å². The van der Waals surface area contributed by atoms with Gasteiger partial charge in [-0.05, 0) is 23.3 Å². The summed E-state index contributed by atoms with van der Waals surface area (Å²) >= 11 is 6.39. The molecule has 0 bridgehead atoms. The predicted octanol–water partition coefficient (Wildman–Crippen LogP) is 5.48. The van der Waals surface area contributed by atoms with Crippen LogP contribution in [0.5, 0.6) is 0 Å². The van der Waals surface area contributed by atoms with Crippen molar-refractivity contribution < 1.29 is 4.79 Å². The Morgan fingerprint density at radius 1 is 0.792 bits per heavy atom. The smallest absolute Gasteiger partial charge is 0.224 e. The van der Waals surface area contributed by atoms with E-state index in [0.29, 0.717) is 10.7 Å². The largest absolute Gasteiger partial charge is 0.300 e. The Bertz CT molecular complexity index is 778. The van der Waals surface area contributed by atoms with Crippen molar-refractivity contribution in [3.05, 3.63) is 101 Å². The van der Waals surface area contributed by atoms with Crippen molar-refractivity contribution in [2.45, 2.75) is 13.0 Å². The highest BCUT2D eigenvalue weighted by molar-refractivity contribution is 6.33. The minimum Gasteiger partial charge on any atom is -0.300 e. The SMILES string of the molecule is CC(=O)N(c1ccccc1Cl)C(c1ccccc1)c1ccccc1. The van der Waals surface area contributed by atoms with Crippen LogP contribution in [0.4, 0.5) is 5.69 Å². The van der Waals surface area contributed by atoms with E-state index in [1.807, 2.05) is 78.9 Å². The van der Waals surface area contributed by atoms with E-state index in [2.05, 4.69) is 0 Å². The van der Waals surface area contributed by atoms with Crippen molar-refractivity contribution in [1.82, 2.24) is 0 Å². The molecule has 0 unspecified atom stereocenters. The van der Waals surface area contributed by atoms with Crippen LogP contribution in [0.25, 0.3) is 0 Å². The van der Waals surface area contributed by atoms with Gasteiger partial charge >= 0.3 is 0 Å². The molecule has 2 nitrogen and oxygen atoms in total. The summed E-state index contributed by atoms with van der Waals surface area (Å²) in [7, 11) is 0. The summed E-state index contributed by atoms with van der Waals surface area (Å²) in [6, 6.07) is 27.2. The molecule has 0 aliphatic carbocycles. The van der Waals surface area contributed by atoms with Gasteiger partial charge in [-0.15, -0.1) is 0 Å². The Balaban J connectivity index is 2.19. The minimum absolute atomic E-state index is 0.0548. The number of hydrogen-bond donors (Lipinski definition) is 0. The second-order valence-corrected chi connectivity index (χ2v) is 5.97. The molecule has 0 atom stereocenters. The van der Waals surface area contributed by atoms with E-state index < -0.39 is 0 Å². The van der Waals surface area contributed by atoms with Crippen LogP contribution >= 0.6 is 11.6 Å². The summed E-state index contributed by atoms with van der Waals surface area (Å²) in [6.07, 6.45) is 0. The zero-order valence-electron chi connectivity index (χ0n) is 13.4. The first-order valence-corrected chi connectivity index (χ1v) is 8.20. The number of nitrogens with zero attached hydrogens (tertiary/aromatic N) is 1. The zero-order chi connectivity index (χ0) is 16.9. The summed E-state index contributed by atoms with van der Waals surface area (Å²) < 4.78 is 0. The highest BCUT2D eigenvalue weighted by Crippen LogP contribution is 2.36. The number of hydrogen-bond acceptors (Lipinski definition) is 1. The van der Waals surface area contributed by atoms with Crippen molar-refractivity contribution in [1.29, 1.82) is 0 Å². The minimum atomic E-state index is -0.232. The Morgan fingerprint density at radius 3 is 1.71 bits per heavy atom. The van der Waals surface area contributed by atoms with Gasteiger partial charge < -0.3 is 0 Å². The number of halogens is 1. The van der Waals surface area contributed by atoms with Gasteiger partial charge in [-0.25, -0.2) is 0 Å². The van der Waals surface area contributed by atoms with Crippen molar-refractivity contribution in [2.75, 3.05) is 4.90 Å². The molecule has 0 heterocycles. The number of anilines is 1. The van der Waals surface area contributed by atoms with Crippen LogP contribution in [0.2, 0.25) is 5.02 Å². The molecule has 24 heavy (non-hydrogen) atoms. The Labute approximate surface area is 147 Å². The van der Waals surface area contributed by atoms with Gasteiger partial charge in [0.05, 0.1) is 16.8 Å². The molecule has 0 radical (unpaired) electrons. The summed E-state index contributed by atoms with van der Waals surface area (Å²) in [5.74, 6) is -0.0548. The molecule has 0 saturated heterocycles. The lowest BCUT2D eigenvalue weighted by Crippen LogP contribution is -2.34. The molecule has 0 N–H and O–H groups in total. The lowest BCUT2D eigenvalue weighted by Gasteiger charge is -2.32. The normalized spacial score (nSPS) is 10.6. The van der Waals surface area contributed by atoms with Gasteiger partial charge in [0, 0.05) is 6.92 Å². The maximum absolute atomic E-state index is 12.6. The molecule has 0 fully saturated rings. The Hall–Kier alpha value is -2.58. The van der Waals surface area contributed by atoms with Crippen molar-refractivity contribution in [3.63, 3.8) is 0 Å². The highest BCUT2D eigenvalue weighted by Gasteiger charge is 2.27. The summed E-state index contributed by atoms with van der Waals surface area (Å²) in [4.78, 5) is 14.3. The average molecular weight is 336 g/mol. The first-order valence-electron chi connectivity index (χ1n) is 7.82. The molecular weight excluding hydrogens is 318 g/mol. The topological polar surface area (TPSA) is 20.3 Å². The fourth-order valence-corrected chi connectivity index (χ4v) is 3.13.